The van der Waals surface area contributed by atoms with Crippen LogP contribution in [0.2, 0.25) is 5.02 Å². The lowest BCUT2D eigenvalue weighted by atomic mass is 10.1. The summed E-state index contributed by atoms with van der Waals surface area (Å²) < 4.78 is 13.2. The number of aryl methyl sites for hydroxylation is 1. The minimum Gasteiger partial charge on any atom is -0.302 e. The van der Waals surface area contributed by atoms with E-state index in [0.717, 1.165) is 17.6 Å². The van der Waals surface area contributed by atoms with Crippen molar-refractivity contribution in [3.63, 3.8) is 0 Å². The Labute approximate surface area is 111 Å². The summed E-state index contributed by atoms with van der Waals surface area (Å²) in [6, 6.07) is 3.00. The Kier molecular flexibility index (Phi) is 5.47. The molecule has 0 aliphatic carbocycles. The molecule has 0 saturated heterocycles. The molecule has 1 nitrogen and oxygen atoms in total. The van der Waals surface area contributed by atoms with Gasteiger partial charge in [0, 0.05) is 4.90 Å². The van der Waals surface area contributed by atoms with Crippen molar-refractivity contribution in [2.75, 3.05) is 0 Å². The van der Waals surface area contributed by atoms with Crippen LogP contribution in [0.25, 0.3) is 0 Å². The van der Waals surface area contributed by atoms with Crippen molar-refractivity contribution in [2.24, 2.45) is 5.92 Å². The summed E-state index contributed by atoms with van der Waals surface area (Å²) in [4.78, 5) is 11.8. The highest BCUT2D eigenvalue weighted by atomic mass is 35.5. The van der Waals surface area contributed by atoms with Crippen LogP contribution in [0.1, 0.15) is 25.8 Å². The van der Waals surface area contributed by atoms with Gasteiger partial charge in [-0.1, -0.05) is 31.9 Å². The topological polar surface area (TPSA) is 17.1 Å². The van der Waals surface area contributed by atoms with Gasteiger partial charge >= 0.3 is 0 Å². The molecule has 1 aromatic rings. The third-order valence-electron chi connectivity index (χ3n) is 2.82. The second kappa shape index (κ2) is 6.41. The maximum absolute atomic E-state index is 13.2. The molecular formula is C13H16ClFOS. The third kappa shape index (κ3) is 3.71. The Bertz CT molecular complexity index is 409. The van der Waals surface area contributed by atoms with E-state index in [4.69, 9.17) is 11.6 Å². The molecule has 0 saturated carbocycles. The van der Waals surface area contributed by atoms with Gasteiger partial charge in [-0.05, 0) is 30.5 Å². The summed E-state index contributed by atoms with van der Waals surface area (Å²) >= 11 is 7.38. The van der Waals surface area contributed by atoms with E-state index in [9.17, 15) is 9.18 Å². The minimum absolute atomic E-state index is 0.137. The monoisotopic (exact) mass is 274 g/mol. The lowest BCUT2D eigenvalue weighted by molar-refractivity contribution is -0.108. The molecule has 1 rings (SSSR count). The Balaban J connectivity index is 2.94. The van der Waals surface area contributed by atoms with E-state index < -0.39 is 0 Å². The highest BCUT2D eigenvalue weighted by molar-refractivity contribution is 8.00. The van der Waals surface area contributed by atoms with Gasteiger partial charge in [0.2, 0.25) is 0 Å². The van der Waals surface area contributed by atoms with E-state index in [1.807, 2.05) is 13.8 Å². The second-order valence-electron chi connectivity index (χ2n) is 4.14. The quantitative estimate of drug-likeness (QED) is 0.581. The first kappa shape index (κ1) is 14.5. The fraction of sp³-hybridized carbons (Fsp3) is 0.462. The van der Waals surface area contributed by atoms with Crippen LogP contribution in [0, 0.1) is 18.7 Å². The van der Waals surface area contributed by atoms with Gasteiger partial charge in [-0.25, -0.2) is 4.39 Å². The Morgan fingerprint density at radius 3 is 2.71 bits per heavy atom. The van der Waals surface area contributed by atoms with Crippen LogP contribution in [0.3, 0.4) is 0 Å². The number of aldehydes is 1. The molecule has 1 aromatic carbocycles. The zero-order valence-corrected chi connectivity index (χ0v) is 11.7. The number of hydrogen-bond acceptors (Lipinski definition) is 2. The number of carbonyl (C=O) groups excluding carboxylic acids is 1. The largest absolute Gasteiger partial charge is 0.302 e. The molecule has 0 aromatic heterocycles. The molecule has 0 N–H and O–H groups in total. The number of thioether (sulfide) groups is 1. The van der Waals surface area contributed by atoms with E-state index in [0.29, 0.717) is 10.6 Å². The van der Waals surface area contributed by atoms with Gasteiger partial charge in [0.1, 0.15) is 12.1 Å². The van der Waals surface area contributed by atoms with Crippen LogP contribution in [0.5, 0.6) is 0 Å². The van der Waals surface area contributed by atoms with Crippen molar-refractivity contribution in [3.05, 3.63) is 28.5 Å². The predicted octanol–water partition coefficient (Wildman–Crippen LogP) is 4.49. The molecule has 0 amide bonds. The second-order valence-corrected chi connectivity index (χ2v) is 5.76. The summed E-state index contributed by atoms with van der Waals surface area (Å²) in [7, 11) is 0. The summed E-state index contributed by atoms with van der Waals surface area (Å²) in [5.74, 6) is -0.0375. The van der Waals surface area contributed by atoms with E-state index in [1.165, 1.54) is 17.8 Å². The highest BCUT2D eigenvalue weighted by Gasteiger charge is 2.18. The number of halogens is 2. The number of benzene rings is 1. The number of hydrogen-bond donors (Lipinski definition) is 0. The van der Waals surface area contributed by atoms with Gasteiger partial charge in [-0.2, -0.15) is 0 Å². The predicted molar refractivity (Wildman–Crippen MR) is 71.3 cm³/mol. The van der Waals surface area contributed by atoms with Gasteiger partial charge in [0.05, 0.1) is 10.3 Å². The Morgan fingerprint density at radius 2 is 2.18 bits per heavy atom. The summed E-state index contributed by atoms with van der Waals surface area (Å²) in [5.41, 5.74) is 0.547. The Morgan fingerprint density at radius 1 is 1.53 bits per heavy atom. The van der Waals surface area contributed by atoms with Crippen molar-refractivity contribution >= 4 is 29.6 Å². The van der Waals surface area contributed by atoms with Gasteiger partial charge < -0.3 is 4.79 Å². The standard InChI is InChI=1S/C13H16ClFOS/c1-4-8(2)13(7-16)17-12-5-9(3)11(15)6-10(12)14/h5-8,13H,4H2,1-3H3. The smallest absolute Gasteiger partial charge is 0.133 e. The van der Waals surface area contributed by atoms with E-state index in [1.54, 1.807) is 13.0 Å². The van der Waals surface area contributed by atoms with Crippen LogP contribution in [0.15, 0.2) is 17.0 Å². The average molecular weight is 275 g/mol. The van der Waals surface area contributed by atoms with Crippen molar-refractivity contribution < 1.29 is 9.18 Å². The molecule has 17 heavy (non-hydrogen) atoms. The Hall–Kier alpha value is -0.540. The fourth-order valence-electron chi connectivity index (χ4n) is 1.38. The van der Waals surface area contributed by atoms with Gasteiger partial charge in [0.15, 0.2) is 0 Å². The molecule has 0 aliphatic heterocycles. The molecule has 0 spiro atoms. The van der Waals surface area contributed by atoms with Crippen LogP contribution >= 0.6 is 23.4 Å². The van der Waals surface area contributed by atoms with Crippen molar-refractivity contribution in [1.82, 2.24) is 0 Å². The molecule has 4 heteroatoms. The van der Waals surface area contributed by atoms with Crippen molar-refractivity contribution in [2.45, 2.75) is 37.3 Å². The average Bonchev–Trinajstić information content (AvgIpc) is 2.31. The van der Waals surface area contributed by atoms with Crippen molar-refractivity contribution in [3.8, 4) is 0 Å². The van der Waals surface area contributed by atoms with E-state index in [2.05, 4.69) is 0 Å². The van der Waals surface area contributed by atoms with Gasteiger partial charge in [0.25, 0.3) is 0 Å². The zero-order chi connectivity index (χ0) is 13.0. The van der Waals surface area contributed by atoms with Gasteiger partial charge in [-0.15, -0.1) is 11.8 Å². The molecule has 0 heterocycles. The maximum Gasteiger partial charge on any atom is 0.133 e. The van der Waals surface area contributed by atoms with Gasteiger partial charge in [-0.3, -0.25) is 0 Å². The normalized spacial score (nSPS) is 14.4. The van der Waals surface area contributed by atoms with Crippen LogP contribution in [0.4, 0.5) is 4.39 Å². The first-order chi connectivity index (χ1) is 7.99. The van der Waals surface area contributed by atoms with Crippen molar-refractivity contribution in [1.29, 1.82) is 0 Å². The molecule has 2 atom stereocenters. The molecule has 0 aliphatic rings. The number of rotatable bonds is 5. The van der Waals surface area contributed by atoms with E-state index >= 15 is 0 Å². The molecular weight excluding hydrogens is 259 g/mol. The first-order valence-electron chi connectivity index (χ1n) is 5.57. The maximum atomic E-state index is 13.2. The zero-order valence-electron chi connectivity index (χ0n) is 10.2. The number of carbonyl (C=O) groups is 1. The lowest BCUT2D eigenvalue weighted by Crippen LogP contribution is -2.14. The summed E-state index contributed by atoms with van der Waals surface area (Å²) in [6.45, 7) is 5.75. The minimum atomic E-state index is -0.314. The SMILES string of the molecule is CCC(C)C(C=O)Sc1cc(C)c(F)cc1Cl. The molecule has 0 bridgehead atoms. The molecule has 94 valence electrons. The third-order valence-corrected chi connectivity index (χ3v) is 4.68. The molecule has 0 fully saturated rings. The summed E-state index contributed by atoms with van der Waals surface area (Å²) in [6.07, 6.45) is 1.86. The highest BCUT2D eigenvalue weighted by Crippen LogP contribution is 2.34. The van der Waals surface area contributed by atoms with Crippen LogP contribution < -0.4 is 0 Å². The van der Waals surface area contributed by atoms with Crippen LogP contribution in [-0.4, -0.2) is 11.5 Å². The molecule has 2 unspecified atom stereocenters. The first-order valence-corrected chi connectivity index (χ1v) is 6.83. The molecule has 0 radical (unpaired) electrons. The lowest BCUT2D eigenvalue weighted by Gasteiger charge is -2.17. The van der Waals surface area contributed by atoms with Crippen LogP contribution in [-0.2, 0) is 4.79 Å². The fourth-order valence-corrected chi connectivity index (χ4v) is 2.85. The summed E-state index contributed by atoms with van der Waals surface area (Å²) in [5, 5.41) is 0.232. The van der Waals surface area contributed by atoms with E-state index in [-0.39, 0.29) is 17.0 Å².